The molecule has 0 amide bonds. The van der Waals surface area contributed by atoms with Crippen molar-refractivity contribution in [2.24, 2.45) is 0 Å². The molecule has 0 aliphatic heterocycles. The van der Waals surface area contributed by atoms with E-state index in [9.17, 15) is 9.59 Å². The van der Waals surface area contributed by atoms with Crippen LogP contribution in [0, 0.1) is 7.43 Å². The van der Waals surface area contributed by atoms with Gasteiger partial charge >= 0.3 is 0 Å². The van der Waals surface area contributed by atoms with E-state index in [1.165, 1.54) is 14.2 Å². The number of carbonyl (C=O) groups is 2. The van der Waals surface area contributed by atoms with E-state index in [-0.39, 0.29) is 47.3 Å². The van der Waals surface area contributed by atoms with Crippen LogP contribution in [0.1, 0.15) is 27.2 Å². The predicted octanol–water partition coefficient (Wildman–Crippen LogP) is 2.76. The van der Waals surface area contributed by atoms with Gasteiger partial charge in [-0.25, -0.2) is 0 Å². The minimum Gasteiger partial charge on any atom is -0.489 e. The number of ether oxygens (including phenoxy) is 2. The Labute approximate surface area is 131 Å². The van der Waals surface area contributed by atoms with Crippen LogP contribution in [0.5, 0.6) is 0 Å². The topological polar surface area (TPSA) is 52.6 Å². The van der Waals surface area contributed by atoms with Crippen LogP contribution in [0.3, 0.4) is 0 Å². The van der Waals surface area contributed by atoms with Crippen LogP contribution in [0.15, 0.2) is 34.3 Å². The van der Waals surface area contributed by atoms with Gasteiger partial charge in [0.15, 0.2) is 0 Å². The number of Topliss-reactive ketones (excluding diaryl/α,β-unsaturated/α-hetero) is 2. The van der Waals surface area contributed by atoms with Gasteiger partial charge in [0, 0.05) is 27.9 Å². The van der Waals surface area contributed by atoms with E-state index in [0.29, 0.717) is 17.6 Å². The van der Waals surface area contributed by atoms with E-state index in [1.807, 2.05) is 19.9 Å². The average molecular weight is 324 g/mol. The summed E-state index contributed by atoms with van der Waals surface area (Å²) < 4.78 is 9.95. The normalized spacial score (nSPS) is 14.4. The van der Waals surface area contributed by atoms with Gasteiger partial charge in [-0.3, -0.25) is 9.59 Å². The molecule has 0 aromatic carbocycles. The van der Waals surface area contributed by atoms with Crippen LogP contribution in [0.25, 0.3) is 0 Å². The quantitative estimate of drug-likeness (QED) is 0.453. The molecule has 1 aliphatic carbocycles. The maximum atomic E-state index is 12.2. The van der Waals surface area contributed by atoms with Crippen molar-refractivity contribution in [2.75, 3.05) is 14.2 Å². The van der Waals surface area contributed by atoms with Gasteiger partial charge in [0.25, 0.3) is 0 Å². The van der Waals surface area contributed by atoms with Crippen LogP contribution in [0.4, 0.5) is 0 Å². The van der Waals surface area contributed by atoms with Crippen LogP contribution in [-0.2, 0) is 35.8 Å². The summed E-state index contributed by atoms with van der Waals surface area (Å²) in [6.45, 7) is 5.53. The van der Waals surface area contributed by atoms with E-state index in [2.05, 4.69) is 0 Å². The Hall–Kier alpha value is -1.33. The zero-order chi connectivity index (χ0) is 13.9. The third-order valence-electron chi connectivity index (χ3n) is 2.81. The van der Waals surface area contributed by atoms with Gasteiger partial charge in [-0.2, -0.15) is 0 Å². The second-order valence-corrected chi connectivity index (χ2v) is 4.31. The SMILES string of the molecule is COC1=C(OC)C(=O)C(CC=C(C)C)=C(C)C1=O.[CH3-].[Co]. The third kappa shape index (κ3) is 4.08. The van der Waals surface area contributed by atoms with Crippen LogP contribution in [0.2, 0.25) is 0 Å². The fourth-order valence-electron chi connectivity index (χ4n) is 1.74. The van der Waals surface area contributed by atoms with Crippen molar-refractivity contribution in [3.8, 4) is 0 Å². The van der Waals surface area contributed by atoms with E-state index in [0.717, 1.165) is 5.57 Å². The van der Waals surface area contributed by atoms with Gasteiger partial charge in [0.1, 0.15) is 0 Å². The molecule has 4 nitrogen and oxygen atoms in total. The fraction of sp³-hybridized carbons (Fsp3) is 0.400. The third-order valence-corrected chi connectivity index (χ3v) is 2.81. The summed E-state index contributed by atoms with van der Waals surface area (Å²) in [5, 5.41) is 0. The monoisotopic (exact) mass is 324 g/mol. The standard InChI is InChI=1S/C14H18O4.CH3.Co/c1-8(2)6-7-10-9(3)11(15)13(17-4)14(18-5)12(10)16;;/h6H,7H2,1-5H3;1H3;/q;-1;. The fourth-order valence-corrected chi connectivity index (χ4v) is 1.74. The molecule has 0 saturated carbocycles. The Morgan fingerprint density at radius 3 is 1.90 bits per heavy atom. The summed E-state index contributed by atoms with van der Waals surface area (Å²) >= 11 is 0. The second kappa shape index (κ2) is 8.76. The number of ketones is 2. The average Bonchev–Trinajstić information content (AvgIpc) is 2.32. The molecule has 1 rings (SSSR count). The maximum Gasteiger partial charge on any atom is 0.228 e. The summed E-state index contributed by atoms with van der Waals surface area (Å²) in [6.07, 6.45) is 2.34. The van der Waals surface area contributed by atoms with Crippen molar-refractivity contribution in [3.63, 3.8) is 0 Å². The van der Waals surface area contributed by atoms with Crippen molar-refractivity contribution < 1.29 is 35.8 Å². The minimum absolute atomic E-state index is 0. The maximum absolute atomic E-state index is 12.2. The van der Waals surface area contributed by atoms with Crippen LogP contribution in [-0.4, -0.2) is 25.8 Å². The van der Waals surface area contributed by atoms with Gasteiger partial charge in [0.2, 0.25) is 23.1 Å². The Bertz CT molecular complexity index is 480. The van der Waals surface area contributed by atoms with Crippen molar-refractivity contribution in [1.29, 1.82) is 0 Å². The van der Waals surface area contributed by atoms with E-state index in [1.54, 1.807) is 6.92 Å². The molecule has 0 atom stereocenters. The minimum atomic E-state index is -0.286. The Morgan fingerprint density at radius 2 is 1.50 bits per heavy atom. The number of hydrogen-bond acceptors (Lipinski definition) is 4. The zero-order valence-corrected chi connectivity index (χ0v) is 13.8. The molecule has 115 valence electrons. The van der Waals surface area contributed by atoms with Crippen LogP contribution >= 0.6 is 0 Å². The molecule has 0 aromatic heterocycles. The summed E-state index contributed by atoms with van der Waals surface area (Å²) in [7, 11) is 2.71. The number of methoxy groups -OCH3 is 2. The molecule has 0 unspecified atom stereocenters. The molecule has 0 N–H and O–H groups in total. The zero-order valence-electron chi connectivity index (χ0n) is 12.8. The van der Waals surface area contributed by atoms with Crippen molar-refractivity contribution in [3.05, 3.63) is 41.7 Å². The van der Waals surface area contributed by atoms with Gasteiger partial charge < -0.3 is 16.9 Å². The number of rotatable bonds is 4. The summed E-state index contributed by atoms with van der Waals surface area (Å²) in [4.78, 5) is 24.2. The second-order valence-electron chi connectivity index (χ2n) is 4.31. The van der Waals surface area contributed by atoms with E-state index >= 15 is 0 Å². The Morgan fingerprint density at radius 1 is 1.05 bits per heavy atom. The van der Waals surface area contributed by atoms with Crippen LogP contribution < -0.4 is 0 Å². The first-order valence-electron chi connectivity index (χ1n) is 5.68. The Balaban J connectivity index is 0. The molecule has 1 aliphatic rings. The molecule has 0 fully saturated rings. The molecule has 0 aromatic rings. The summed E-state index contributed by atoms with van der Waals surface area (Å²) in [5.74, 6) is -0.582. The number of carbonyl (C=O) groups excluding carboxylic acids is 2. The van der Waals surface area contributed by atoms with Gasteiger partial charge in [0.05, 0.1) is 14.2 Å². The van der Waals surface area contributed by atoms with Gasteiger partial charge in [-0.05, 0) is 27.2 Å². The smallest absolute Gasteiger partial charge is 0.228 e. The first-order chi connectivity index (χ1) is 8.43. The molecule has 5 heteroatoms. The molecule has 1 radical (unpaired) electrons. The van der Waals surface area contributed by atoms with E-state index < -0.39 is 0 Å². The predicted molar refractivity (Wildman–Crippen MR) is 74.2 cm³/mol. The van der Waals surface area contributed by atoms with E-state index in [4.69, 9.17) is 9.47 Å². The molecule has 0 heterocycles. The number of hydrogen-bond donors (Lipinski definition) is 0. The molecule has 0 spiro atoms. The Kier molecular flexibility index (Phi) is 9.19. The first-order valence-corrected chi connectivity index (χ1v) is 5.68. The van der Waals surface area contributed by atoms with Gasteiger partial charge in [-0.1, -0.05) is 11.6 Å². The van der Waals surface area contributed by atoms with Gasteiger partial charge in [-0.15, -0.1) is 0 Å². The summed E-state index contributed by atoms with van der Waals surface area (Å²) in [6, 6.07) is 0. The summed E-state index contributed by atoms with van der Waals surface area (Å²) in [5.41, 5.74) is 1.99. The molecular formula is C15H21CoO4-. The van der Waals surface area contributed by atoms with Crippen molar-refractivity contribution in [2.45, 2.75) is 27.2 Å². The molecule has 0 bridgehead atoms. The first kappa shape index (κ1) is 21.0. The van der Waals surface area contributed by atoms with Crippen molar-refractivity contribution >= 4 is 11.6 Å². The van der Waals surface area contributed by atoms with Crippen molar-refractivity contribution in [1.82, 2.24) is 0 Å². The largest absolute Gasteiger partial charge is 0.489 e. The molecule has 0 saturated heterocycles. The number of allylic oxidation sites excluding steroid dienone is 4. The molecular weight excluding hydrogens is 303 g/mol. The molecule has 20 heavy (non-hydrogen) atoms.